The number of phenolic OH excluding ortho intramolecular Hbond substituents is 2. The smallest absolute Gasteiger partial charge is 0.342 e. The molecule has 7 heteroatoms. The first kappa shape index (κ1) is 17.5. The minimum Gasteiger partial charge on any atom is -0.507 e. The Kier molecular flexibility index (Phi) is 4.43. The van der Waals surface area contributed by atoms with Crippen LogP contribution in [0.5, 0.6) is 11.5 Å². The van der Waals surface area contributed by atoms with Crippen molar-refractivity contribution in [3.05, 3.63) is 35.9 Å². The first-order chi connectivity index (χ1) is 12.4. The van der Waals surface area contributed by atoms with E-state index in [2.05, 4.69) is 11.4 Å². The van der Waals surface area contributed by atoms with Crippen molar-refractivity contribution in [1.82, 2.24) is 5.32 Å². The zero-order chi connectivity index (χ0) is 18.9. The van der Waals surface area contributed by atoms with E-state index in [1.807, 2.05) is 0 Å². The quantitative estimate of drug-likeness (QED) is 0.559. The van der Waals surface area contributed by atoms with Crippen molar-refractivity contribution in [2.24, 2.45) is 5.92 Å². The molecule has 1 amide bonds. The number of carbonyl (C=O) groups excluding carboxylic acids is 2. The van der Waals surface area contributed by atoms with Gasteiger partial charge >= 0.3 is 5.97 Å². The van der Waals surface area contributed by atoms with E-state index in [-0.39, 0.29) is 23.0 Å². The molecule has 0 radical (unpaired) electrons. The summed E-state index contributed by atoms with van der Waals surface area (Å²) in [4.78, 5) is 24.2. The van der Waals surface area contributed by atoms with Crippen LogP contribution in [0.25, 0.3) is 10.8 Å². The molecule has 2 aromatic carbocycles. The van der Waals surface area contributed by atoms with Gasteiger partial charge < -0.3 is 20.3 Å². The Hall–Kier alpha value is -3.27. The van der Waals surface area contributed by atoms with E-state index in [0.29, 0.717) is 10.8 Å². The van der Waals surface area contributed by atoms with Gasteiger partial charge in [0.15, 0.2) is 6.61 Å². The first-order valence-corrected chi connectivity index (χ1v) is 8.19. The Balaban J connectivity index is 1.71. The van der Waals surface area contributed by atoms with Crippen molar-refractivity contribution in [2.75, 3.05) is 6.61 Å². The Labute approximate surface area is 149 Å². The molecule has 7 nitrogen and oxygen atoms in total. The van der Waals surface area contributed by atoms with Crippen LogP contribution in [0.15, 0.2) is 30.3 Å². The highest BCUT2D eigenvalue weighted by Crippen LogP contribution is 2.39. The number of benzene rings is 2. The largest absolute Gasteiger partial charge is 0.507 e. The van der Waals surface area contributed by atoms with Crippen molar-refractivity contribution in [2.45, 2.75) is 25.3 Å². The Morgan fingerprint density at radius 1 is 1.31 bits per heavy atom. The van der Waals surface area contributed by atoms with Crippen molar-refractivity contribution in [3.8, 4) is 17.6 Å². The van der Waals surface area contributed by atoms with Gasteiger partial charge in [-0.3, -0.25) is 4.79 Å². The number of nitriles is 1. The molecule has 1 saturated carbocycles. The zero-order valence-electron chi connectivity index (χ0n) is 14.2. The summed E-state index contributed by atoms with van der Waals surface area (Å²) in [5.41, 5.74) is -1.22. The number of esters is 1. The zero-order valence-corrected chi connectivity index (χ0v) is 14.2. The number of fused-ring (bicyclic) bond motifs is 1. The maximum atomic E-state index is 12.2. The maximum absolute atomic E-state index is 12.2. The predicted molar refractivity (Wildman–Crippen MR) is 92.4 cm³/mol. The highest BCUT2D eigenvalue weighted by molar-refractivity contribution is 6.04. The monoisotopic (exact) mass is 354 g/mol. The highest BCUT2D eigenvalue weighted by Gasteiger charge is 2.43. The average molecular weight is 354 g/mol. The topological polar surface area (TPSA) is 120 Å². The molecule has 0 spiro atoms. The van der Waals surface area contributed by atoms with E-state index in [1.54, 1.807) is 31.2 Å². The van der Waals surface area contributed by atoms with Gasteiger partial charge in [0.1, 0.15) is 22.6 Å². The second-order valence-electron chi connectivity index (χ2n) is 6.55. The molecule has 0 bridgehead atoms. The minimum atomic E-state index is -0.979. The van der Waals surface area contributed by atoms with Gasteiger partial charge in [0, 0.05) is 10.8 Å². The molecule has 0 saturated heterocycles. The van der Waals surface area contributed by atoms with Crippen molar-refractivity contribution in [1.29, 1.82) is 5.26 Å². The lowest BCUT2D eigenvalue weighted by molar-refractivity contribution is -0.125. The predicted octanol–water partition coefficient (Wildman–Crippen LogP) is 2.22. The number of aromatic hydroxyl groups is 2. The first-order valence-electron chi connectivity index (χ1n) is 8.19. The van der Waals surface area contributed by atoms with E-state index >= 15 is 0 Å². The van der Waals surface area contributed by atoms with Gasteiger partial charge in [0.25, 0.3) is 5.91 Å². The molecule has 1 atom stereocenters. The molecular formula is C19H18N2O5. The van der Waals surface area contributed by atoms with Crippen LogP contribution in [-0.2, 0) is 9.53 Å². The fourth-order valence-corrected chi connectivity index (χ4v) is 2.91. The summed E-state index contributed by atoms with van der Waals surface area (Å²) in [6.45, 7) is 1.05. The van der Waals surface area contributed by atoms with Crippen LogP contribution >= 0.6 is 0 Å². The van der Waals surface area contributed by atoms with Gasteiger partial charge in [-0.1, -0.05) is 24.3 Å². The van der Waals surface area contributed by atoms with Crippen molar-refractivity contribution in [3.63, 3.8) is 0 Å². The Morgan fingerprint density at radius 3 is 2.58 bits per heavy atom. The summed E-state index contributed by atoms with van der Waals surface area (Å²) < 4.78 is 4.93. The molecule has 26 heavy (non-hydrogen) atoms. The lowest BCUT2D eigenvalue weighted by atomic mass is 9.98. The molecule has 2 aromatic rings. The summed E-state index contributed by atoms with van der Waals surface area (Å²) in [7, 11) is 0. The second-order valence-corrected chi connectivity index (χ2v) is 6.55. The number of rotatable bonds is 5. The summed E-state index contributed by atoms with van der Waals surface area (Å²) in [6.07, 6.45) is 1.74. The normalized spacial score (nSPS) is 15.7. The van der Waals surface area contributed by atoms with Crippen LogP contribution in [-0.4, -0.2) is 34.2 Å². The van der Waals surface area contributed by atoms with Gasteiger partial charge in [0.05, 0.1) is 6.07 Å². The minimum absolute atomic E-state index is 0.105. The van der Waals surface area contributed by atoms with E-state index < -0.39 is 24.0 Å². The van der Waals surface area contributed by atoms with Crippen LogP contribution < -0.4 is 5.32 Å². The van der Waals surface area contributed by atoms with Crippen LogP contribution in [0.4, 0.5) is 0 Å². The fraction of sp³-hybridized carbons (Fsp3) is 0.316. The summed E-state index contributed by atoms with van der Waals surface area (Å²) in [6, 6.07) is 9.69. The third-order valence-corrected chi connectivity index (χ3v) is 4.57. The fourth-order valence-electron chi connectivity index (χ4n) is 2.91. The third-order valence-electron chi connectivity index (χ3n) is 4.57. The number of amides is 1. The van der Waals surface area contributed by atoms with E-state index in [1.165, 1.54) is 0 Å². The molecule has 1 aliphatic carbocycles. The maximum Gasteiger partial charge on any atom is 0.342 e. The number of nitrogens with zero attached hydrogens (tertiary/aromatic N) is 1. The average Bonchev–Trinajstić information content (AvgIpc) is 3.48. The molecule has 3 N–H and O–H groups in total. The number of ether oxygens (including phenoxy) is 1. The standard InChI is InChI=1S/C19H18N2O5/c1-19(10-20,11-6-7-11)21-16(23)9-26-18(25)14-8-15(22)12-4-2-3-5-13(12)17(14)24/h2-5,8,11,22,24H,6-7,9H2,1H3,(H,21,23)/t19-/m1/s1. The number of hydrogen-bond donors (Lipinski definition) is 3. The van der Waals surface area contributed by atoms with Crippen LogP contribution in [0.1, 0.15) is 30.1 Å². The van der Waals surface area contributed by atoms with Crippen molar-refractivity contribution < 1.29 is 24.5 Å². The molecule has 1 fully saturated rings. The molecule has 134 valence electrons. The lowest BCUT2D eigenvalue weighted by Crippen LogP contribution is -2.48. The number of carbonyl (C=O) groups is 2. The van der Waals surface area contributed by atoms with Crippen LogP contribution in [0, 0.1) is 17.2 Å². The highest BCUT2D eigenvalue weighted by atomic mass is 16.5. The number of hydrogen-bond acceptors (Lipinski definition) is 6. The molecular weight excluding hydrogens is 336 g/mol. The summed E-state index contributed by atoms with van der Waals surface area (Å²) in [5.74, 6) is -1.94. The summed E-state index contributed by atoms with van der Waals surface area (Å²) in [5, 5.41) is 32.8. The Bertz CT molecular complexity index is 929. The van der Waals surface area contributed by atoms with Gasteiger partial charge in [-0.2, -0.15) is 5.26 Å². The molecule has 1 aliphatic rings. The molecule has 0 aliphatic heterocycles. The van der Waals surface area contributed by atoms with Gasteiger partial charge in [-0.25, -0.2) is 4.79 Å². The van der Waals surface area contributed by atoms with E-state index in [4.69, 9.17) is 4.74 Å². The van der Waals surface area contributed by atoms with Gasteiger partial charge in [-0.05, 0) is 31.7 Å². The number of nitrogens with one attached hydrogen (secondary N) is 1. The third kappa shape index (κ3) is 3.26. The van der Waals surface area contributed by atoms with Crippen molar-refractivity contribution >= 4 is 22.6 Å². The second kappa shape index (κ2) is 6.56. The van der Waals surface area contributed by atoms with Crippen LogP contribution in [0.2, 0.25) is 0 Å². The van der Waals surface area contributed by atoms with E-state index in [0.717, 1.165) is 18.9 Å². The molecule has 3 rings (SSSR count). The molecule has 0 unspecified atom stereocenters. The van der Waals surface area contributed by atoms with Gasteiger partial charge in [-0.15, -0.1) is 0 Å². The summed E-state index contributed by atoms with van der Waals surface area (Å²) >= 11 is 0. The lowest BCUT2D eigenvalue weighted by Gasteiger charge is -2.22. The molecule has 0 heterocycles. The van der Waals surface area contributed by atoms with Gasteiger partial charge in [0.2, 0.25) is 0 Å². The van der Waals surface area contributed by atoms with E-state index in [9.17, 15) is 25.1 Å². The Morgan fingerprint density at radius 2 is 1.96 bits per heavy atom. The molecule has 0 aromatic heterocycles. The van der Waals surface area contributed by atoms with Crippen LogP contribution in [0.3, 0.4) is 0 Å². The number of phenols is 2. The SMILES string of the molecule is C[C@](C#N)(NC(=O)COC(=O)c1cc(O)c2ccccc2c1O)C1CC1.